The first kappa shape index (κ1) is 16.5. The number of hydrogen-bond acceptors (Lipinski definition) is 1. The van der Waals surface area contributed by atoms with E-state index in [2.05, 4.69) is 45.0 Å². The Morgan fingerprint density at radius 1 is 1.05 bits per heavy atom. The van der Waals surface area contributed by atoms with Crippen LogP contribution in [0.2, 0.25) is 0 Å². The molecule has 2 aromatic rings. The van der Waals surface area contributed by atoms with Gasteiger partial charge >= 0.3 is 0 Å². The molecule has 0 saturated heterocycles. The van der Waals surface area contributed by atoms with Crippen molar-refractivity contribution in [2.45, 2.75) is 59.4 Å². The molecule has 1 aromatic carbocycles. The van der Waals surface area contributed by atoms with Crippen LogP contribution >= 0.6 is 0 Å². The fourth-order valence-electron chi connectivity index (χ4n) is 2.76. The maximum atomic E-state index is 12.3. The van der Waals surface area contributed by atoms with Crippen molar-refractivity contribution in [3.63, 3.8) is 0 Å². The number of hydrogen-bond donors (Lipinski definition) is 0. The Morgan fingerprint density at radius 3 is 2.59 bits per heavy atom. The highest BCUT2D eigenvalue weighted by Crippen LogP contribution is 2.13. The van der Waals surface area contributed by atoms with Crippen LogP contribution < -0.4 is 5.56 Å². The molecule has 0 aliphatic carbocycles. The van der Waals surface area contributed by atoms with Gasteiger partial charge in [-0.1, -0.05) is 44.4 Å². The summed E-state index contributed by atoms with van der Waals surface area (Å²) < 4.78 is 1.80. The van der Waals surface area contributed by atoms with Crippen molar-refractivity contribution in [1.29, 1.82) is 0 Å². The number of aryl methyl sites for hydroxylation is 2. The number of nitrogens with zero attached hydrogens (tertiary/aromatic N) is 1. The zero-order valence-corrected chi connectivity index (χ0v) is 14.1. The van der Waals surface area contributed by atoms with Crippen molar-refractivity contribution in [2.75, 3.05) is 0 Å². The van der Waals surface area contributed by atoms with Crippen LogP contribution in [-0.4, -0.2) is 4.57 Å². The molecule has 0 aliphatic heterocycles. The monoisotopic (exact) mass is 297 g/mol. The normalized spacial score (nSPS) is 10.9. The summed E-state index contributed by atoms with van der Waals surface area (Å²) in [7, 11) is 0. The lowest BCUT2D eigenvalue weighted by atomic mass is 10.0. The summed E-state index contributed by atoms with van der Waals surface area (Å²) in [5.74, 6) is 0. The highest BCUT2D eigenvalue weighted by atomic mass is 16.1. The minimum absolute atomic E-state index is 0.105. The Kier molecular flexibility index (Phi) is 6.00. The van der Waals surface area contributed by atoms with Gasteiger partial charge in [-0.3, -0.25) is 4.79 Å². The number of benzene rings is 1. The molecule has 1 aromatic heterocycles. The van der Waals surface area contributed by atoms with Gasteiger partial charge in [0, 0.05) is 12.3 Å². The van der Waals surface area contributed by atoms with Crippen molar-refractivity contribution < 1.29 is 0 Å². The third kappa shape index (κ3) is 4.33. The smallest absolute Gasteiger partial charge is 0.251 e. The van der Waals surface area contributed by atoms with Gasteiger partial charge in [0.1, 0.15) is 0 Å². The van der Waals surface area contributed by atoms with E-state index in [0.717, 1.165) is 6.42 Å². The SMILES string of the molecule is CCCCCCc1ccn(Cc2cccc(C)c2C)c(=O)c1. The molecule has 0 aliphatic rings. The van der Waals surface area contributed by atoms with Crippen LogP contribution in [-0.2, 0) is 13.0 Å². The van der Waals surface area contributed by atoms with Crippen molar-refractivity contribution in [3.8, 4) is 0 Å². The van der Waals surface area contributed by atoms with E-state index in [1.54, 1.807) is 10.6 Å². The van der Waals surface area contributed by atoms with Gasteiger partial charge in [0.25, 0.3) is 5.56 Å². The molecule has 2 nitrogen and oxygen atoms in total. The minimum Gasteiger partial charge on any atom is -0.311 e. The summed E-state index contributed by atoms with van der Waals surface area (Å²) in [6.07, 6.45) is 7.91. The van der Waals surface area contributed by atoms with Crippen molar-refractivity contribution in [2.24, 2.45) is 0 Å². The summed E-state index contributed by atoms with van der Waals surface area (Å²) in [5.41, 5.74) is 5.04. The fourth-order valence-corrected chi connectivity index (χ4v) is 2.76. The van der Waals surface area contributed by atoms with Crippen LogP contribution in [0.1, 0.15) is 54.9 Å². The van der Waals surface area contributed by atoms with E-state index in [1.165, 1.54) is 47.9 Å². The van der Waals surface area contributed by atoms with Gasteiger partial charge in [0.05, 0.1) is 6.54 Å². The number of rotatable bonds is 7. The third-order valence-corrected chi connectivity index (χ3v) is 4.44. The zero-order chi connectivity index (χ0) is 15.9. The molecular formula is C20H27NO. The Morgan fingerprint density at radius 2 is 1.86 bits per heavy atom. The van der Waals surface area contributed by atoms with Crippen LogP contribution in [0.5, 0.6) is 0 Å². The molecule has 0 saturated carbocycles. The van der Waals surface area contributed by atoms with E-state index in [0.29, 0.717) is 6.54 Å². The Labute approximate surface area is 133 Å². The molecule has 0 spiro atoms. The molecule has 0 amide bonds. The number of aromatic nitrogens is 1. The Balaban J connectivity index is 2.07. The second-order valence-electron chi connectivity index (χ2n) is 6.17. The van der Waals surface area contributed by atoms with Gasteiger partial charge in [0.2, 0.25) is 0 Å². The van der Waals surface area contributed by atoms with E-state index in [4.69, 9.17) is 0 Å². The Hall–Kier alpha value is -1.83. The second-order valence-corrected chi connectivity index (χ2v) is 6.17. The van der Waals surface area contributed by atoms with E-state index < -0.39 is 0 Å². The van der Waals surface area contributed by atoms with Gasteiger partial charge in [-0.05, 0) is 55.0 Å². The number of pyridine rings is 1. The Bertz CT molecular complexity index is 670. The molecule has 0 unspecified atom stereocenters. The van der Waals surface area contributed by atoms with Gasteiger partial charge < -0.3 is 4.57 Å². The van der Waals surface area contributed by atoms with Crippen LogP contribution in [0.3, 0.4) is 0 Å². The average molecular weight is 297 g/mol. The first-order chi connectivity index (χ1) is 10.6. The van der Waals surface area contributed by atoms with Crippen LogP contribution in [0.4, 0.5) is 0 Å². The first-order valence-electron chi connectivity index (χ1n) is 8.36. The summed E-state index contributed by atoms with van der Waals surface area (Å²) in [6, 6.07) is 10.2. The highest BCUT2D eigenvalue weighted by molar-refractivity contribution is 5.33. The average Bonchev–Trinajstić information content (AvgIpc) is 2.51. The molecule has 2 rings (SSSR count). The molecule has 0 radical (unpaired) electrons. The quantitative estimate of drug-likeness (QED) is 0.683. The summed E-state index contributed by atoms with van der Waals surface area (Å²) in [5, 5.41) is 0. The molecule has 118 valence electrons. The van der Waals surface area contributed by atoms with E-state index >= 15 is 0 Å². The first-order valence-corrected chi connectivity index (χ1v) is 8.36. The van der Waals surface area contributed by atoms with Gasteiger partial charge in [0.15, 0.2) is 0 Å². The summed E-state index contributed by atoms with van der Waals surface area (Å²) in [6.45, 7) is 7.11. The van der Waals surface area contributed by atoms with Gasteiger partial charge in [-0.15, -0.1) is 0 Å². The van der Waals surface area contributed by atoms with Crippen LogP contribution in [0.25, 0.3) is 0 Å². The minimum atomic E-state index is 0.105. The second kappa shape index (κ2) is 7.98. The maximum absolute atomic E-state index is 12.3. The highest BCUT2D eigenvalue weighted by Gasteiger charge is 2.04. The predicted octanol–water partition coefficient (Wildman–Crippen LogP) is 4.64. The summed E-state index contributed by atoms with van der Waals surface area (Å²) >= 11 is 0. The standard InChI is InChI=1S/C20H27NO/c1-4-5-6-7-10-18-12-13-21(20(22)14-18)15-19-11-8-9-16(2)17(19)3/h8-9,11-14H,4-7,10,15H2,1-3H3. The van der Waals surface area contributed by atoms with Gasteiger partial charge in [-0.2, -0.15) is 0 Å². The fraction of sp³-hybridized carbons (Fsp3) is 0.450. The lowest BCUT2D eigenvalue weighted by molar-refractivity contribution is 0.663. The van der Waals surface area contributed by atoms with E-state index in [-0.39, 0.29) is 5.56 Å². The van der Waals surface area contributed by atoms with E-state index in [1.807, 2.05) is 6.20 Å². The molecule has 0 fully saturated rings. The molecule has 0 atom stereocenters. The molecular weight excluding hydrogens is 270 g/mol. The third-order valence-electron chi connectivity index (χ3n) is 4.44. The zero-order valence-electron chi connectivity index (χ0n) is 14.1. The maximum Gasteiger partial charge on any atom is 0.251 e. The van der Waals surface area contributed by atoms with E-state index in [9.17, 15) is 4.79 Å². The van der Waals surface area contributed by atoms with Crippen LogP contribution in [0.15, 0.2) is 41.3 Å². The summed E-state index contributed by atoms with van der Waals surface area (Å²) in [4.78, 5) is 12.3. The van der Waals surface area contributed by atoms with Crippen molar-refractivity contribution >= 4 is 0 Å². The van der Waals surface area contributed by atoms with Gasteiger partial charge in [-0.25, -0.2) is 0 Å². The largest absolute Gasteiger partial charge is 0.311 e. The number of unbranched alkanes of at least 4 members (excludes halogenated alkanes) is 3. The molecule has 0 N–H and O–H groups in total. The molecule has 1 heterocycles. The molecule has 22 heavy (non-hydrogen) atoms. The van der Waals surface area contributed by atoms with Crippen molar-refractivity contribution in [3.05, 3.63) is 69.1 Å². The lowest BCUT2D eigenvalue weighted by Crippen LogP contribution is -2.20. The van der Waals surface area contributed by atoms with Crippen LogP contribution in [0, 0.1) is 13.8 Å². The molecule has 0 bridgehead atoms. The molecule has 2 heteroatoms. The van der Waals surface area contributed by atoms with Crippen molar-refractivity contribution in [1.82, 2.24) is 4.57 Å². The topological polar surface area (TPSA) is 22.0 Å². The lowest BCUT2D eigenvalue weighted by Gasteiger charge is -2.11. The predicted molar refractivity (Wildman–Crippen MR) is 93.6 cm³/mol.